The number of carbonyl (C=O) groups is 2. The van der Waals surface area contributed by atoms with E-state index in [0.29, 0.717) is 32.5 Å². The van der Waals surface area contributed by atoms with Gasteiger partial charge in [-0.1, -0.05) is 30.0 Å². The lowest BCUT2D eigenvalue weighted by Gasteiger charge is -2.18. The van der Waals surface area contributed by atoms with Crippen LogP contribution in [0.5, 0.6) is 0 Å². The summed E-state index contributed by atoms with van der Waals surface area (Å²) in [6, 6.07) is 3.70. The second-order valence-electron chi connectivity index (χ2n) is 7.06. The number of nitrogens with zero attached hydrogens (tertiary/aromatic N) is 2. The van der Waals surface area contributed by atoms with E-state index in [-0.39, 0.29) is 11.7 Å². The maximum absolute atomic E-state index is 12.5. The fourth-order valence-electron chi connectivity index (χ4n) is 3.30. The standard InChI is InChI=1S/C19H21N5O3S3/c1-10-4-5-12-13(7-10)29-17(15(12)16(20)26)22-14(25)9-28-19-24-23-18(30-19)21-8-11-3-2-6-27-11/h2-3,6,10H,4-5,7-9H2,1H3,(H2,20,26)(H,21,23)(H,22,25). The van der Waals surface area contributed by atoms with Crippen LogP contribution in [0.2, 0.25) is 0 Å². The number of hydrogen-bond acceptors (Lipinski definition) is 9. The molecule has 0 bridgehead atoms. The van der Waals surface area contributed by atoms with Crippen LogP contribution in [0.1, 0.15) is 39.9 Å². The van der Waals surface area contributed by atoms with E-state index >= 15 is 0 Å². The van der Waals surface area contributed by atoms with Gasteiger partial charge in [0.2, 0.25) is 11.0 Å². The maximum atomic E-state index is 12.5. The third-order valence-corrected chi connectivity index (χ3v) is 7.92. The lowest BCUT2D eigenvalue weighted by atomic mass is 9.88. The molecule has 1 aliphatic carbocycles. The van der Waals surface area contributed by atoms with Crippen molar-refractivity contribution < 1.29 is 14.0 Å². The minimum Gasteiger partial charge on any atom is -0.467 e. The number of hydrogen-bond donors (Lipinski definition) is 3. The lowest BCUT2D eigenvalue weighted by Crippen LogP contribution is -2.20. The average Bonchev–Trinajstić information content (AvgIpc) is 3.44. The van der Waals surface area contributed by atoms with Gasteiger partial charge in [-0.05, 0) is 42.9 Å². The van der Waals surface area contributed by atoms with Crippen LogP contribution in [0.15, 0.2) is 27.2 Å². The fourth-order valence-corrected chi connectivity index (χ4v) is 6.28. The first-order chi connectivity index (χ1) is 14.5. The maximum Gasteiger partial charge on any atom is 0.251 e. The number of fused-ring (bicyclic) bond motifs is 1. The number of nitrogens with one attached hydrogen (secondary N) is 2. The van der Waals surface area contributed by atoms with Crippen LogP contribution in [0.25, 0.3) is 0 Å². The molecule has 4 rings (SSSR count). The molecular weight excluding hydrogens is 442 g/mol. The summed E-state index contributed by atoms with van der Waals surface area (Å²) in [5.74, 6) is 0.862. The van der Waals surface area contributed by atoms with Crippen molar-refractivity contribution in [2.24, 2.45) is 11.7 Å². The van der Waals surface area contributed by atoms with Gasteiger partial charge in [-0.3, -0.25) is 9.59 Å². The van der Waals surface area contributed by atoms with Crippen molar-refractivity contribution >= 4 is 56.4 Å². The van der Waals surface area contributed by atoms with Gasteiger partial charge in [0, 0.05) is 4.88 Å². The van der Waals surface area contributed by atoms with Crippen LogP contribution in [0.4, 0.5) is 10.1 Å². The summed E-state index contributed by atoms with van der Waals surface area (Å²) in [5.41, 5.74) is 7.08. The molecule has 0 aliphatic heterocycles. The topological polar surface area (TPSA) is 123 Å². The van der Waals surface area contributed by atoms with Crippen molar-refractivity contribution in [2.45, 2.75) is 37.1 Å². The highest BCUT2D eigenvalue weighted by molar-refractivity contribution is 8.01. The molecule has 0 aromatic carbocycles. The van der Waals surface area contributed by atoms with Gasteiger partial charge >= 0.3 is 0 Å². The van der Waals surface area contributed by atoms with E-state index in [2.05, 4.69) is 27.8 Å². The molecule has 0 radical (unpaired) electrons. The molecular formula is C19H21N5O3S3. The molecule has 0 saturated carbocycles. The van der Waals surface area contributed by atoms with Crippen molar-refractivity contribution in [3.8, 4) is 0 Å². The first-order valence-electron chi connectivity index (χ1n) is 9.46. The number of rotatable bonds is 8. The second-order valence-corrected chi connectivity index (χ2v) is 10.4. The summed E-state index contributed by atoms with van der Waals surface area (Å²) < 4.78 is 5.95. The number of anilines is 2. The third-order valence-electron chi connectivity index (χ3n) is 4.74. The molecule has 3 heterocycles. The molecule has 3 aromatic heterocycles. The quantitative estimate of drug-likeness (QED) is 0.435. The van der Waals surface area contributed by atoms with Gasteiger partial charge < -0.3 is 20.8 Å². The van der Waals surface area contributed by atoms with E-state index in [4.69, 9.17) is 10.2 Å². The van der Waals surface area contributed by atoms with Gasteiger partial charge in [0.1, 0.15) is 10.8 Å². The van der Waals surface area contributed by atoms with Crippen LogP contribution >= 0.6 is 34.4 Å². The van der Waals surface area contributed by atoms with Crippen LogP contribution in [0, 0.1) is 5.92 Å². The van der Waals surface area contributed by atoms with Crippen molar-refractivity contribution in [3.63, 3.8) is 0 Å². The van der Waals surface area contributed by atoms with E-state index in [1.165, 1.54) is 34.4 Å². The Bertz CT molecular complexity index is 1040. The van der Waals surface area contributed by atoms with E-state index in [0.717, 1.165) is 35.5 Å². The van der Waals surface area contributed by atoms with E-state index in [1.54, 1.807) is 6.26 Å². The number of carbonyl (C=O) groups excluding carboxylic acids is 2. The molecule has 0 spiro atoms. The number of thioether (sulfide) groups is 1. The molecule has 1 unspecified atom stereocenters. The number of primary amides is 1. The summed E-state index contributed by atoms with van der Waals surface area (Å²) in [5, 5.41) is 15.4. The Hall–Kier alpha value is -2.37. The number of amides is 2. The molecule has 8 nitrogen and oxygen atoms in total. The zero-order valence-electron chi connectivity index (χ0n) is 16.3. The number of aromatic nitrogens is 2. The smallest absolute Gasteiger partial charge is 0.251 e. The summed E-state index contributed by atoms with van der Waals surface area (Å²) in [7, 11) is 0. The Morgan fingerprint density at radius 3 is 3.00 bits per heavy atom. The number of nitrogens with two attached hydrogens (primary N) is 1. The summed E-state index contributed by atoms with van der Waals surface area (Å²) >= 11 is 4.14. The summed E-state index contributed by atoms with van der Waals surface area (Å²) in [6.45, 7) is 2.71. The Kier molecular flexibility index (Phi) is 6.40. The zero-order chi connectivity index (χ0) is 21.1. The van der Waals surface area contributed by atoms with Crippen molar-refractivity contribution in [2.75, 3.05) is 16.4 Å². The predicted octanol–water partition coefficient (Wildman–Crippen LogP) is 3.76. The largest absolute Gasteiger partial charge is 0.467 e. The van der Waals surface area contributed by atoms with Crippen molar-refractivity contribution in [1.29, 1.82) is 0 Å². The highest BCUT2D eigenvalue weighted by Crippen LogP contribution is 2.39. The minimum atomic E-state index is -0.485. The van der Waals surface area contributed by atoms with Gasteiger partial charge in [-0.15, -0.1) is 21.5 Å². The van der Waals surface area contributed by atoms with Crippen LogP contribution in [0.3, 0.4) is 0 Å². The Balaban J connectivity index is 1.34. The molecule has 1 atom stereocenters. The SMILES string of the molecule is CC1CCc2c(sc(NC(=O)CSc3nnc(NCc4ccco4)s3)c2C(N)=O)C1. The second kappa shape index (κ2) is 9.19. The molecule has 30 heavy (non-hydrogen) atoms. The first kappa shape index (κ1) is 20.9. The molecule has 11 heteroatoms. The lowest BCUT2D eigenvalue weighted by molar-refractivity contribution is -0.113. The number of furan rings is 1. The Morgan fingerprint density at radius 2 is 2.23 bits per heavy atom. The minimum absolute atomic E-state index is 0.171. The predicted molar refractivity (Wildman–Crippen MR) is 119 cm³/mol. The van der Waals surface area contributed by atoms with Gasteiger partial charge in [-0.2, -0.15) is 0 Å². The molecule has 0 fully saturated rings. The Labute approximate surface area is 185 Å². The van der Waals surface area contributed by atoms with Crippen LogP contribution in [-0.2, 0) is 24.2 Å². The monoisotopic (exact) mass is 463 g/mol. The third kappa shape index (κ3) is 4.85. The van der Waals surface area contributed by atoms with Crippen LogP contribution < -0.4 is 16.4 Å². The van der Waals surface area contributed by atoms with E-state index in [1.807, 2.05) is 12.1 Å². The molecule has 2 amide bonds. The number of thiophene rings is 1. The highest BCUT2D eigenvalue weighted by atomic mass is 32.2. The van der Waals surface area contributed by atoms with Crippen molar-refractivity contribution in [3.05, 3.63) is 40.2 Å². The first-order valence-corrected chi connectivity index (χ1v) is 12.1. The van der Waals surface area contributed by atoms with E-state index in [9.17, 15) is 9.59 Å². The fraction of sp³-hybridized carbons (Fsp3) is 0.368. The van der Waals surface area contributed by atoms with Crippen molar-refractivity contribution in [1.82, 2.24) is 10.2 Å². The van der Waals surface area contributed by atoms with Gasteiger partial charge in [0.25, 0.3) is 5.91 Å². The van der Waals surface area contributed by atoms with Gasteiger partial charge in [0.15, 0.2) is 4.34 Å². The summed E-state index contributed by atoms with van der Waals surface area (Å²) in [6.07, 6.45) is 4.39. The molecule has 4 N–H and O–H groups in total. The van der Waals surface area contributed by atoms with Gasteiger partial charge in [-0.25, -0.2) is 0 Å². The van der Waals surface area contributed by atoms with Crippen LogP contribution in [-0.4, -0.2) is 27.8 Å². The Morgan fingerprint density at radius 1 is 1.37 bits per heavy atom. The molecule has 0 saturated heterocycles. The highest BCUT2D eigenvalue weighted by Gasteiger charge is 2.27. The van der Waals surface area contributed by atoms with E-state index < -0.39 is 5.91 Å². The molecule has 158 valence electrons. The summed E-state index contributed by atoms with van der Waals surface area (Å²) in [4.78, 5) is 25.6. The average molecular weight is 464 g/mol. The molecule has 3 aromatic rings. The molecule has 1 aliphatic rings. The van der Waals surface area contributed by atoms with Gasteiger partial charge in [0.05, 0.1) is 24.1 Å². The normalized spacial score (nSPS) is 15.6. The zero-order valence-corrected chi connectivity index (χ0v) is 18.7.